The average molecular weight is 302 g/mol. The third-order valence-corrected chi connectivity index (χ3v) is 3.99. The Bertz CT molecular complexity index is 725. The Morgan fingerprint density at radius 2 is 1.91 bits per heavy atom. The number of amides is 2. The second-order valence-electron chi connectivity index (χ2n) is 5.50. The van der Waals surface area contributed by atoms with Crippen molar-refractivity contribution in [3.8, 4) is 0 Å². The van der Waals surface area contributed by atoms with Crippen LogP contribution in [0.25, 0.3) is 11.1 Å². The van der Waals surface area contributed by atoms with E-state index in [4.69, 9.17) is 4.52 Å². The van der Waals surface area contributed by atoms with E-state index in [1.165, 1.54) is 6.20 Å². The largest absolute Gasteiger partial charge is 0.341 e. The number of aryl methyl sites for hydroxylation is 1. The van der Waals surface area contributed by atoms with Crippen LogP contribution < -0.4 is 0 Å². The predicted octanol–water partition coefficient (Wildman–Crippen LogP) is 1.23. The highest BCUT2D eigenvalue weighted by Crippen LogP contribution is 2.18. The third-order valence-electron chi connectivity index (χ3n) is 3.99. The van der Waals surface area contributed by atoms with Crippen LogP contribution in [-0.2, 0) is 4.79 Å². The molecular formula is C15H18N4O3. The summed E-state index contributed by atoms with van der Waals surface area (Å²) in [6.45, 7) is 5.83. The fourth-order valence-corrected chi connectivity index (χ4v) is 2.68. The summed E-state index contributed by atoms with van der Waals surface area (Å²) in [5, 5.41) is 4.60. The van der Waals surface area contributed by atoms with Crippen molar-refractivity contribution < 1.29 is 14.1 Å². The minimum absolute atomic E-state index is 0.0532. The highest BCUT2D eigenvalue weighted by molar-refractivity contribution is 5.97. The van der Waals surface area contributed by atoms with Gasteiger partial charge in [0.05, 0.1) is 16.6 Å². The number of hydrogen-bond acceptors (Lipinski definition) is 5. The molecule has 1 fully saturated rings. The molecule has 1 saturated heterocycles. The maximum absolute atomic E-state index is 12.6. The monoisotopic (exact) mass is 302 g/mol. The van der Waals surface area contributed by atoms with Gasteiger partial charge in [-0.25, -0.2) is 4.98 Å². The standard InChI is InChI=1S/C15H18N4O3/c1-10-13-8-12(9-16-14(13)22-17-10)15(21)19-5-3-4-18(6-7-19)11(2)20/h8-9H,3-7H2,1-2H3. The maximum atomic E-state index is 12.6. The molecule has 1 aliphatic rings. The number of pyridine rings is 1. The summed E-state index contributed by atoms with van der Waals surface area (Å²) in [6, 6.07) is 1.77. The number of fused-ring (bicyclic) bond motifs is 1. The van der Waals surface area contributed by atoms with E-state index in [1.807, 2.05) is 6.92 Å². The highest BCUT2D eigenvalue weighted by atomic mass is 16.5. The van der Waals surface area contributed by atoms with Gasteiger partial charge in [0, 0.05) is 39.3 Å². The molecule has 0 N–H and O–H groups in total. The molecule has 3 heterocycles. The van der Waals surface area contributed by atoms with Gasteiger partial charge in [0.25, 0.3) is 11.6 Å². The lowest BCUT2D eigenvalue weighted by Gasteiger charge is -2.21. The maximum Gasteiger partial charge on any atom is 0.257 e. The number of nitrogens with zero attached hydrogens (tertiary/aromatic N) is 4. The van der Waals surface area contributed by atoms with Gasteiger partial charge in [0.1, 0.15) is 0 Å². The van der Waals surface area contributed by atoms with Gasteiger partial charge < -0.3 is 14.3 Å². The summed E-state index contributed by atoms with van der Waals surface area (Å²) in [6.07, 6.45) is 2.30. The predicted molar refractivity (Wildman–Crippen MR) is 79.3 cm³/mol. The lowest BCUT2D eigenvalue weighted by Crippen LogP contribution is -2.36. The fourth-order valence-electron chi connectivity index (χ4n) is 2.68. The van der Waals surface area contributed by atoms with E-state index in [0.717, 1.165) is 17.5 Å². The van der Waals surface area contributed by atoms with Crippen molar-refractivity contribution in [2.75, 3.05) is 26.2 Å². The van der Waals surface area contributed by atoms with Gasteiger partial charge in [-0.15, -0.1) is 0 Å². The zero-order valence-electron chi connectivity index (χ0n) is 12.7. The van der Waals surface area contributed by atoms with E-state index in [0.29, 0.717) is 37.5 Å². The lowest BCUT2D eigenvalue weighted by molar-refractivity contribution is -0.128. The summed E-state index contributed by atoms with van der Waals surface area (Å²) < 4.78 is 5.06. The molecule has 0 saturated carbocycles. The Labute approximate surface area is 127 Å². The molecule has 22 heavy (non-hydrogen) atoms. The summed E-state index contributed by atoms with van der Waals surface area (Å²) in [5.41, 5.74) is 1.68. The van der Waals surface area contributed by atoms with E-state index >= 15 is 0 Å². The van der Waals surface area contributed by atoms with Gasteiger partial charge in [-0.1, -0.05) is 5.16 Å². The molecule has 2 aromatic rings. The summed E-state index contributed by atoms with van der Waals surface area (Å²) >= 11 is 0. The summed E-state index contributed by atoms with van der Waals surface area (Å²) in [5.74, 6) is -0.0158. The SMILES string of the molecule is CC(=O)N1CCCN(C(=O)c2cnc3onc(C)c3c2)CC1. The molecule has 7 heteroatoms. The minimum Gasteiger partial charge on any atom is -0.341 e. The Hall–Kier alpha value is -2.44. The van der Waals surface area contributed by atoms with Gasteiger partial charge in [0.2, 0.25) is 5.91 Å². The molecule has 0 aliphatic carbocycles. The first-order chi connectivity index (χ1) is 10.6. The van der Waals surface area contributed by atoms with Crippen molar-refractivity contribution in [3.63, 3.8) is 0 Å². The molecule has 116 valence electrons. The molecule has 7 nitrogen and oxygen atoms in total. The Morgan fingerprint density at radius 1 is 1.18 bits per heavy atom. The van der Waals surface area contributed by atoms with Crippen molar-refractivity contribution in [2.45, 2.75) is 20.3 Å². The van der Waals surface area contributed by atoms with Crippen LogP contribution in [0.2, 0.25) is 0 Å². The topological polar surface area (TPSA) is 79.5 Å². The van der Waals surface area contributed by atoms with Gasteiger partial charge in [-0.2, -0.15) is 0 Å². The zero-order valence-corrected chi connectivity index (χ0v) is 12.7. The number of carbonyl (C=O) groups excluding carboxylic acids is 2. The summed E-state index contributed by atoms with van der Waals surface area (Å²) in [4.78, 5) is 31.8. The lowest BCUT2D eigenvalue weighted by atomic mass is 10.2. The Kier molecular flexibility index (Phi) is 3.79. The minimum atomic E-state index is -0.0691. The van der Waals surface area contributed by atoms with Gasteiger partial charge >= 0.3 is 0 Å². The number of hydrogen-bond donors (Lipinski definition) is 0. The molecule has 0 spiro atoms. The van der Waals surface area contributed by atoms with Crippen molar-refractivity contribution in [1.29, 1.82) is 0 Å². The quantitative estimate of drug-likeness (QED) is 0.791. The average Bonchev–Trinajstić information content (AvgIpc) is 2.74. The molecule has 0 unspecified atom stereocenters. The summed E-state index contributed by atoms with van der Waals surface area (Å²) in [7, 11) is 0. The fraction of sp³-hybridized carbons (Fsp3) is 0.467. The van der Waals surface area contributed by atoms with Gasteiger partial charge in [0.15, 0.2) is 0 Å². The number of aromatic nitrogens is 2. The van der Waals surface area contributed by atoms with Crippen LogP contribution >= 0.6 is 0 Å². The molecule has 0 atom stereocenters. The molecule has 0 aromatic carbocycles. The molecule has 2 aromatic heterocycles. The van der Waals surface area contributed by atoms with Crippen LogP contribution in [0.3, 0.4) is 0 Å². The van der Waals surface area contributed by atoms with E-state index in [9.17, 15) is 9.59 Å². The smallest absolute Gasteiger partial charge is 0.257 e. The van der Waals surface area contributed by atoms with Gasteiger partial charge in [-0.3, -0.25) is 9.59 Å². The third kappa shape index (κ3) is 2.66. The van der Waals surface area contributed by atoms with Crippen LogP contribution in [0.1, 0.15) is 29.4 Å². The molecule has 2 amide bonds. The molecule has 0 bridgehead atoms. The van der Waals surface area contributed by atoms with E-state index < -0.39 is 0 Å². The van der Waals surface area contributed by atoms with Crippen LogP contribution in [0.5, 0.6) is 0 Å². The molecular weight excluding hydrogens is 284 g/mol. The van der Waals surface area contributed by atoms with Crippen molar-refractivity contribution in [2.24, 2.45) is 0 Å². The molecule has 0 radical (unpaired) electrons. The van der Waals surface area contributed by atoms with E-state index in [-0.39, 0.29) is 11.8 Å². The van der Waals surface area contributed by atoms with Gasteiger partial charge in [-0.05, 0) is 19.4 Å². The van der Waals surface area contributed by atoms with E-state index in [1.54, 1.807) is 22.8 Å². The first-order valence-electron chi connectivity index (χ1n) is 7.33. The van der Waals surface area contributed by atoms with Crippen LogP contribution in [0.4, 0.5) is 0 Å². The van der Waals surface area contributed by atoms with Crippen LogP contribution in [-0.4, -0.2) is 57.9 Å². The zero-order chi connectivity index (χ0) is 15.7. The van der Waals surface area contributed by atoms with Crippen molar-refractivity contribution >= 4 is 22.9 Å². The number of rotatable bonds is 1. The Morgan fingerprint density at radius 3 is 2.68 bits per heavy atom. The Balaban J connectivity index is 1.80. The first kappa shape index (κ1) is 14.5. The van der Waals surface area contributed by atoms with E-state index in [2.05, 4.69) is 10.1 Å². The normalized spacial score (nSPS) is 15.9. The van der Waals surface area contributed by atoms with Crippen LogP contribution in [0, 0.1) is 6.92 Å². The molecule has 3 rings (SSSR count). The first-order valence-corrected chi connectivity index (χ1v) is 7.33. The highest BCUT2D eigenvalue weighted by Gasteiger charge is 2.22. The number of carbonyl (C=O) groups is 2. The molecule has 1 aliphatic heterocycles. The van der Waals surface area contributed by atoms with Crippen molar-refractivity contribution in [3.05, 3.63) is 23.5 Å². The van der Waals surface area contributed by atoms with Crippen molar-refractivity contribution in [1.82, 2.24) is 19.9 Å². The second kappa shape index (κ2) is 5.75. The second-order valence-corrected chi connectivity index (χ2v) is 5.50. The van der Waals surface area contributed by atoms with Crippen LogP contribution in [0.15, 0.2) is 16.8 Å².